The molecular weight excluding hydrogens is 164 g/mol. The summed E-state index contributed by atoms with van der Waals surface area (Å²) in [7, 11) is 0. The summed E-state index contributed by atoms with van der Waals surface area (Å²) in [6.07, 6.45) is 8.64. The summed E-state index contributed by atoms with van der Waals surface area (Å²) in [6.45, 7) is 3.72. The number of aliphatic hydroxyl groups is 1. The van der Waals surface area contributed by atoms with Crippen molar-refractivity contribution in [2.45, 2.75) is 32.3 Å². The van der Waals surface area contributed by atoms with Crippen molar-refractivity contribution in [2.24, 2.45) is 5.92 Å². The highest BCUT2D eigenvalue weighted by Crippen LogP contribution is 2.29. The van der Waals surface area contributed by atoms with E-state index >= 15 is 0 Å². The first kappa shape index (κ1) is 10.2. The van der Waals surface area contributed by atoms with Crippen molar-refractivity contribution >= 4 is 5.78 Å². The van der Waals surface area contributed by atoms with Crippen molar-refractivity contribution in [2.75, 3.05) is 0 Å². The molecule has 0 saturated heterocycles. The minimum atomic E-state index is -0.949. The molecule has 13 heavy (non-hydrogen) atoms. The van der Waals surface area contributed by atoms with Gasteiger partial charge in [-0.15, -0.1) is 0 Å². The first-order valence-electron chi connectivity index (χ1n) is 4.68. The SMILES string of the molecule is CCC=CCC1C(=O)C=CC1(C)O. The number of allylic oxidation sites excluding steroid dienone is 3. The minimum Gasteiger partial charge on any atom is -0.385 e. The van der Waals surface area contributed by atoms with Crippen LogP contribution in [0.3, 0.4) is 0 Å². The van der Waals surface area contributed by atoms with Gasteiger partial charge in [0.15, 0.2) is 5.78 Å². The third-order valence-electron chi connectivity index (χ3n) is 2.41. The standard InChI is InChI=1S/C11H16O2/c1-3-4-5-6-9-10(12)7-8-11(9,2)13/h4-5,7-9,13H,3,6H2,1-2H3. The molecule has 0 bridgehead atoms. The molecule has 1 aliphatic carbocycles. The van der Waals surface area contributed by atoms with Crippen LogP contribution in [0.25, 0.3) is 0 Å². The van der Waals surface area contributed by atoms with E-state index in [0.717, 1.165) is 6.42 Å². The van der Waals surface area contributed by atoms with Gasteiger partial charge in [0.2, 0.25) is 0 Å². The average molecular weight is 180 g/mol. The van der Waals surface area contributed by atoms with Crippen LogP contribution in [0.2, 0.25) is 0 Å². The molecule has 0 radical (unpaired) electrons. The second kappa shape index (κ2) is 3.88. The summed E-state index contributed by atoms with van der Waals surface area (Å²) in [4.78, 5) is 11.3. The molecule has 2 nitrogen and oxygen atoms in total. The molecule has 72 valence electrons. The molecule has 0 aliphatic heterocycles. The zero-order valence-corrected chi connectivity index (χ0v) is 8.16. The topological polar surface area (TPSA) is 37.3 Å². The van der Waals surface area contributed by atoms with Crippen LogP contribution in [0.15, 0.2) is 24.3 Å². The Kier molecular flexibility index (Phi) is 3.04. The third-order valence-corrected chi connectivity index (χ3v) is 2.41. The third kappa shape index (κ3) is 2.28. The van der Waals surface area contributed by atoms with Crippen LogP contribution in [-0.2, 0) is 4.79 Å². The van der Waals surface area contributed by atoms with E-state index < -0.39 is 5.60 Å². The largest absolute Gasteiger partial charge is 0.385 e. The highest BCUT2D eigenvalue weighted by Gasteiger charge is 2.37. The van der Waals surface area contributed by atoms with Gasteiger partial charge in [0.05, 0.1) is 11.5 Å². The molecule has 1 rings (SSSR count). The summed E-state index contributed by atoms with van der Waals surface area (Å²) >= 11 is 0. The molecule has 0 saturated carbocycles. The second-order valence-corrected chi connectivity index (χ2v) is 3.63. The number of carbonyl (C=O) groups is 1. The Morgan fingerprint density at radius 3 is 2.77 bits per heavy atom. The van der Waals surface area contributed by atoms with Gasteiger partial charge in [-0.05, 0) is 31.9 Å². The summed E-state index contributed by atoms with van der Waals surface area (Å²) in [5.74, 6) is -0.249. The van der Waals surface area contributed by atoms with E-state index in [1.807, 2.05) is 19.1 Å². The predicted molar refractivity (Wildman–Crippen MR) is 52.3 cm³/mol. The Bertz CT molecular complexity index is 249. The van der Waals surface area contributed by atoms with Gasteiger partial charge in [0, 0.05) is 0 Å². The lowest BCUT2D eigenvalue weighted by Crippen LogP contribution is -2.31. The monoisotopic (exact) mass is 180 g/mol. The Balaban J connectivity index is 2.59. The van der Waals surface area contributed by atoms with Gasteiger partial charge >= 0.3 is 0 Å². The quantitative estimate of drug-likeness (QED) is 0.673. The highest BCUT2D eigenvalue weighted by atomic mass is 16.3. The van der Waals surface area contributed by atoms with Crippen LogP contribution >= 0.6 is 0 Å². The average Bonchev–Trinajstić information content (AvgIpc) is 2.31. The molecular formula is C11H16O2. The second-order valence-electron chi connectivity index (χ2n) is 3.63. The van der Waals surface area contributed by atoms with E-state index in [0.29, 0.717) is 6.42 Å². The van der Waals surface area contributed by atoms with Crippen LogP contribution in [0.5, 0.6) is 0 Å². The Morgan fingerprint density at radius 2 is 2.31 bits per heavy atom. The molecule has 1 N–H and O–H groups in total. The maximum atomic E-state index is 11.3. The van der Waals surface area contributed by atoms with E-state index in [2.05, 4.69) is 0 Å². The minimum absolute atomic E-state index is 0.0331. The number of hydrogen-bond donors (Lipinski definition) is 1. The molecule has 2 heteroatoms. The van der Waals surface area contributed by atoms with Crippen molar-refractivity contribution in [3.8, 4) is 0 Å². The maximum absolute atomic E-state index is 11.3. The number of rotatable bonds is 3. The first-order chi connectivity index (χ1) is 6.08. The van der Waals surface area contributed by atoms with Gasteiger partial charge in [-0.3, -0.25) is 4.79 Å². The lowest BCUT2D eigenvalue weighted by Gasteiger charge is -2.22. The molecule has 0 heterocycles. The van der Waals surface area contributed by atoms with Gasteiger partial charge in [-0.1, -0.05) is 19.1 Å². The van der Waals surface area contributed by atoms with Gasteiger partial charge in [-0.2, -0.15) is 0 Å². The molecule has 0 spiro atoms. The smallest absolute Gasteiger partial charge is 0.162 e. The van der Waals surface area contributed by atoms with Crippen LogP contribution in [0.4, 0.5) is 0 Å². The van der Waals surface area contributed by atoms with Gasteiger partial charge in [-0.25, -0.2) is 0 Å². The van der Waals surface area contributed by atoms with Crippen LogP contribution in [-0.4, -0.2) is 16.5 Å². The van der Waals surface area contributed by atoms with Gasteiger partial charge in [0.25, 0.3) is 0 Å². The van der Waals surface area contributed by atoms with E-state index in [1.54, 1.807) is 13.0 Å². The van der Waals surface area contributed by atoms with E-state index in [-0.39, 0.29) is 11.7 Å². The molecule has 0 aromatic rings. The van der Waals surface area contributed by atoms with E-state index in [1.165, 1.54) is 6.08 Å². The van der Waals surface area contributed by atoms with E-state index in [4.69, 9.17) is 0 Å². The van der Waals surface area contributed by atoms with Crippen LogP contribution in [0.1, 0.15) is 26.7 Å². The predicted octanol–water partition coefficient (Wildman–Crippen LogP) is 1.85. The zero-order valence-electron chi connectivity index (χ0n) is 8.16. The fraction of sp³-hybridized carbons (Fsp3) is 0.545. The fourth-order valence-corrected chi connectivity index (χ4v) is 1.52. The Hall–Kier alpha value is -0.890. The Labute approximate surface area is 79.0 Å². The number of hydrogen-bond acceptors (Lipinski definition) is 2. The van der Waals surface area contributed by atoms with Crippen LogP contribution in [0, 0.1) is 5.92 Å². The molecule has 2 atom stereocenters. The summed E-state index contributed by atoms with van der Waals surface area (Å²) in [5, 5.41) is 9.78. The molecule has 2 unspecified atom stereocenters. The number of ketones is 1. The van der Waals surface area contributed by atoms with Crippen molar-refractivity contribution < 1.29 is 9.90 Å². The van der Waals surface area contributed by atoms with Crippen molar-refractivity contribution in [3.05, 3.63) is 24.3 Å². The first-order valence-corrected chi connectivity index (χ1v) is 4.68. The fourth-order valence-electron chi connectivity index (χ4n) is 1.52. The van der Waals surface area contributed by atoms with Crippen molar-refractivity contribution in [1.82, 2.24) is 0 Å². The molecule has 0 fully saturated rings. The Morgan fingerprint density at radius 1 is 1.62 bits per heavy atom. The van der Waals surface area contributed by atoms with E-state index in [9.17, 15) is 9.90 Å². The van der Waals surface area contributed by atoms with Crippen molar-refractivity contribution in [3.63, 3.8) is 0 Å². The summed E-state index contributed by atoms with van der Waals surface area (Å²) < 4.78 is 0. The van der Waals surface area contributed by atoms with Gasteiger partial charge in [0.1, 0.15) is 0 Å². The van der Waals surface area contributed by atoms with Crippen LogP contribution < -0.4 is 0 Å². The summed E-state index contributed by atoms with van der Waals surface area (Å²) in [5.41, 5.74) is -0.949. The molecule has 0 aromatic heterocycles. The van der Waals surface area contributed by atoms with Gasteiger partial charge < -0.3 is 5.11 Å². The molecule has 0 aromatic carbocycles. The number of carbonyl (C=O) groups excluding carboxylic acids is 1. The van der Waals surface area contributed by atoms with Crippen molar-refractivity contribution in [1.29, 1.82) is 0 Å². The maximum Gasteiger partial charge on any atom is 0.162 e. The normalized spacial score (nSPS) is 33.5. The lowest BCUT2D eigenvalue weighted by molar-refractivity contribution is -0.121. The molecule has 1 aliphatic rings. The highest BCUT2D eigenvalue weighted by molar-refractivity contribution is 5.95. The zero-order chi connectivity index (χ0) is 9.90. The lowest BCUT2D eigenvalue weighted by atomic mass is 9.89. The summed E-state index contributed by atoms with van der Waals surface area (Å²) in [6, 6.07) is 0. The molecule has 0 amide bonds.